The number of ether oxygens (including phenoxy) is 1. The molecule has 0 aliphatic carbocycles. The minimum atomic E-state index is -0.215. The maximum absolute atomic E-state index is 12.4. The van der Waals surface area contributed by atoms with Crippen molar-refractivity contribution in [1.82, 2.24) is 10.2 Å². The van der Waals surface area contributed by atoms with Crippen molar-refractivity contribution in [3.8, 4) is 0 Å². The van der Waals surface area contributed by atoms with Gasteiger partial charge in [0.1, 0.15) is 0 Å². The average molecular weight is 298 g/mol. The van der Waals surface area contributed by atoms with Crippen LogP contribution in [0.1, 0.15) is 53.9 Å². The van der Waals surface area contributed by atoms with Crippen molar-refractivity contribution in [2.75, 3.05) is 19.7 Å². The van der Waals surface area contributed by atoms with Crippen LogP contribution in [0.15, 0.2) is 0 Å². The van der Waals surface area contributed by atoms with Gasteiger partial charge in [-0.3, -0.25) is 14.5 Å². The van der Waals surface area contributed by atoms with Gasteiger partial charge in [-0.05, 0) is 53.5 Å². The summed E-state index contributed by atoms with van der Waals surface area (Å²) in [4.78, 5) is 26.3. The molecule has 1 N–H and O–H groups in total. The number of rotatable bonds is 6. The molecule has 21 heavy (non-hydrogen) atoms. The van der Waals surface area contributed by atoms with Gasteiger partial charge in [0.05, 0.1) is 18.6 Å². The first kappa shape index (κ1) is 18.0. The Morgan fingerprint density at radius 2 is 2.05 bits per heavy atom. The molecule has 1 fully saturated rings. The highest BCUT2D eigenvalue weighted by molar-refractivity contribution is 5.82. The van der Waals surface area contributed by atoms with Crippen LogP contribution in [0.3, 0.4) is 0 Å². The summed E-state index contributed by atoms with van der Waals surface area (Å²) >= 11 is 0. The summed E-state index contributed by atoms with van der Waals surface area (Å²) in [5.41, 5.74) is -0.193. The molecule has 0 aromatic heterocycles. The zero-order valence-electron chi connectivity index (χ0n) is 14.1. The summed E-state index contributed by atoms with van der Waals surface area (Å²) in [6, 6.07) is -0.215. The second-order valence-electron chi connectivity index (χ2n) is 6.49. The lowest BCUT2D eigenvalue weighted by atomic mass is 9.96. The topological polar surface area (TPSA) is 58.6 Å². The Kier molecular flexibility index (Phi) is 6.65. The highest BCUT2D eigenvalue weighted by atomic mass is 16.5. The zero-order chi connectivity index (χ0) is 16.0. The molecule has 0 aromatic carbocycles. The zero-order valence-corrected chi connectivity index (χ0v) is 14.1. The molecule has 1 rings (SSSR count). The summed E-state index contributed by atoms with van der Waals surface area (Å²) in [6.07, 6.45) is 2.67. The minimum Gasteiger partial charge on any atom is -0.466 e. The summed E-state index contributed by atoms with van der Waals surface area (Å²) in [7, 11) is 0. The molecule has 2 atom stereocenters. The minimum absolute atomic E-state index is 0.0337. The molecule has 1 unspecified atom stereocenters. The van der Waals surface area contributed by atoms with Gasteiger partial charge in [0.15, 0.2) is 0 Å². The average Bonchev–Trinajstić information content (AvgIpc) is 2.46. The van der Waals surface area contributed by atoms with Gasteiger partial charge < -0.3 is 10.1 Å². The predicted octanol–water partition coefficient (Wildman–Crippen LogP) is 1.95. The Morgan fingerprint density at radius 1 is 1.38 bits per heavy atom. The molecular weight excluding hydrogens is 268 g/mol. The maximum Gasteiger partial charge on any atom is 0.310 e. The lowest BCUT2D eigenvalue weighted by Crippen LogP contribution is -2.54. The van der Waals surface area contributed by atoms with E-state index in [1.54, 1.807) is 0 Å². The second kappa shape index (κ2) is 7.78. The quantitative estimate of drug-likeness (QED) is 0.762. The Bertz CT molecular complexity index is 369. The van der Waals surface area contributed by atoms with E-state index in [0.29, 0.717) is 13.2 Å². The van der Waals surface area contributed by atoms with Gasteiger partial charge in [-0.25, -0.2) is 0 Å². The molecule has 1 heterocycles. The first-order valence-electron chi connectivity index (χ1n) is 8.03. The van der Waals surface area contributed by atoms with E-state index in [4.69, 9.17) is 4.74 Å². The number of nitrogens with zero attached hydrogens (tertiary/aromatic N) is 1. The van der Waals surface area contributed by atoms with Crippen molar-refractivity contribution >= 4 is 11.9 Å². The second-order valence-corrected chi connectivity index (χ2v) is 6.49. The molecule has 1 saturated heterocycles. The first-order chi connectivity index (χ1) is 9.80. The van der Waals surface area contributed by atoms with Crippen molar-refractivity contribution in [3.63, 3.8) is 0 Å². The Morgan fingerprint density at radius 3 is 2.62 bits per heavy atom. The van der Waals surface area contributed by atoms with Crippen molar-refractivity contribution in [1.29, 1.82) is 0 Å². The third-order valence-corrected chi connectivity index (χ3v) is 4.35. The molecule has 1 aliphatic heterocycles. The molecule has 0 bridgehead atoms. The molecule has 5 nitrogen and oxygen atoms in total. The van der Waals surface area contributed by atoms with Crippen LogP contribution in [-0.4, -0.2) is 48.1 Å². The standard InChI is InChI=1S/C16H30N2O3/c1-6-16(4,5)17-14(19)12(3)18-10-8-9-13(11-18)15(20)21-7-2/h12-13H,6-11H2,1-5H3,(H,17,19)/t12?,13-/m0/s1. The van der Waals surface area contributed by atoms with Crippen molar-refractivity contribution in [2.24, 2.45) is 5.92 Å². The number of carbonyl (C=O) groups is 2. The third kappa shape index (κ3) is 5.30. The number of esters is 1. The van der Waals surface area contributed by atoms with E-state index < -0.39 is 0 Å². The van der Waals surface area contributed by atoms with E-state index in [-0.39, 0.29) is 29.4 Å². The van der Waals surface area contributed by atoms with E-state index in [1.807, 2.05) is 27.7 Å². The predicted molar refractivity (Wildman–Crippen MR) is 82.9 cm³/mol. The first-order valence-corrected chi connectivity index (χ1v) is 8.03. The van der Waals surface area contributed by atoms with Gasteiger partial charge in [-0.1, -0.05) is 6.92 Å². The number of piperidine rings is 1. The van der Waals surface area contributed by atoms with Crippen LogP contribution in [0, 0.1) is 5.92 Å². The van der Waals surface area contributed by atoms with Crippen LogP contribution in [0.2, 0.25) is 0 Å². The van der Waals surface area contributed by atoms with Gasteiger partial charge >= 0.3 is 5.97 Å². The molecule has 5 heteroatoms. The third-order valence-electron chi connectivity index (χ3n) is 4.35. The largest absolute Gasteiger partial charge is 0.466 e. The van der Waals surface area contributed by atoms with Gasteiger partial charge in [0.2, 0.25) is 5.91 Å². The molecule has 0 aromatic rings. The van der Waals surface area contributed by atoms with Gasteiger partial charge in [-0.15, -0.1) is 0 Å². The van der Waals surface area contributed by atoms with Crippen molar-refractivity contribution in [2.45, 2.75) is 65.5 Å². The number of likely N-dealkylation sites (tertiary alicyclic amines) is 1. The fourth-order valence-electron chi connectivity index (χ4n) is 2.50. The fourth-order valence-corrected chi connectivity index (χ4v) is 2.50. The lowest BCUT2D eigenvalue weighted by molar-refractivity contribution is -0.151. The van der Waals surface area contributed by atoms with Crippen LogP contribution < -0.4 is 5.32 Å². The lowest BCUT2D eigenvalue weighted by Gasteiger charge is -2.36. The molecule has 0 saturated carbocycles. The summed E-state index contributed by atoms with van der Waals surface area (Å²) in [5, 5.41) is 3.08. The molecule has 0 radical (unpaired) electrons. The summed E-state index contributed by atoms with van der Waals surface area (Å²) < 4.78 is 5.10. The summed E-state index contributed by atoms with van der Waals surface area (Å²) in [5.74, 6) is -0.205. The smallest absolute Gasteiger partial charge is 0.310 e. The number of hydrogen-bond acceptors (Lipinski definition) is 4. The van der Waals surface area contributed by atoms with Crippen molar-refractivity contribution < 1.29 is 14.3 Å². The van der Waals surface area contributed by atoms with E-state index in [1.165, 1.54) is 0 Å². The Balaban J connectivity index is 2.59. The Labute approximate surface area is 128 Å². The van der Waals surface area contributed by atoms with Crippen LogP contribution in [0.4, 0.5) is 0 Å². The summed E-state index contributed by atoms with van der Waals surface area (Å²) in [6.45, 7) is 11.7. The molecule has 0 spiro atoms. The number of nitrogens with one attached hydrogen (secondary N) is 1. The van der Waals surface area contributed by atoms with Gasteiger partial charge in [0.25, 0.3) is 0 Å². The maximum atomic E-state index is 12.4. The number of hydrogen-bond donors (Lipinski definition) is 1. The number of carbonyl (C=O) groups excluding carboxylic acids is 2. The highest BCUT2D eigenvalue weighted by Crippen LogP contribution is 2.20. The molecular formula is C16H30N2O3. The van der Waals surface area contributed by atoms with E-state index in [9.17, 15) is 9.59 Å². The van der Waals surface area contributed by atoms with Crippen molar-refractivity contribution in [3.05, 3.63) is 0 Å². The van der Waals surface area contributed by atoms with E-state index in [2.05, 4.69) is 17.1 Å². The Hall–Kier alpha value is -1.10. The van der Waals surface area contributed by atoms with E-state index in [0.717, 1.165) is 25.8 Å². The molecule has 1 aliphatic rings. The number of amides is 1. The van der Waals surface area contributed by atoms with Crippen LogP contribution in [0.5, 0.6) is 0 Å². The highest BCUT2D eigenvalue weighted by Gasteiger charge is 2.32. The van der Waals surface area contributed by atoms with Gasteiger partial charge in [-0.2, -0.15) is 0 Å². The van der Waals surface area contributed by atoms with E-state index >= 15 is 0 Å². The van der Waals surface area contributed by atoms with Gasteiger partial charge in [0, 0.05) is 12.1 Å². The monoisotopic (exact) mass is 298 g/mol. The normalized spacial score (nSPS) is 21.7. The van der Waals surface area contributed by atoms with Crippen LogP contribution in [0.25, 0.3) is 0 Å². The van der Waals surface area contributed by atoms with Crippen LogP contribution >= 0.6 is 0 Å². The fraction of sp³-hybridized carbons (Fsp3) is 0.875. The molecule has 1 amide bonds. The SMILES string of the molecule is CCOC(=O)[C@H]1CCCN(C(C)C(=O)NC(C)(C)CC)C1. The molecule has 122 valence electrons. The van der Waals surface area contributed by atoms with Crippen LogP contribution in [-0.2, 0) is 14.3 Å².